The molecule has 0 saturated carbocycles. The van der Waals surface area contributed by atoms with Gasteiger partial charge in [0.25, 0.3) is 0 Å². The van der Waals surface area contributed by atoms with Gasteiger partial charge >= 0.3 is 0 Å². The van der Waals surface area contributed by atoms with Crippen LogP contribution in [0.25, 0.3) is 0 Å². The molecule has 0 aliphatic heterocycles. The van der Waals surface area contributed by atoms with Gasteiger partial charge in [0.15, 0.2) is 7.14 Å². The van der Waals surface area contributed by atoms with E-state index in [1.807, 2.05) is 94.5 Å². The van der Waals surface area contributed by atoms with Gasteiger partial charge in [-0.05, 0) is 68.7 Å². The smallest absolute Gasteiger partial charge is 0.226 e. The van der Waals surface area contributed by atoms with E-state index < -0.39 is 7.14 Å². The zero-order valence-corrected chi connectivity index (χ0v) is 19.4. The number of benzene rings is 3. The molecular formula is C26H30NO2P. The summed E-state index contributed by atoms with van der Waals surface area (Å²) in [7, 11) is -1.37. The van der Waals surface area contributed by atoms with Gasteiger partial charge in [-0.2, -0.15) is 0 Å². The topological polar surface area (TPSA) is 37.4 Å². The minimum atomic E-state index is -3.39. The van der Waals surface area contributed by atoms with Crippen molar-refractivity contribution in [2.45, 2.75) is 33.9 Å². The average molecular weight is 420 g/mol. The zero-order valence-electron chi connectivity index (χ0n) is 18.5. The van der Waals surface area contributed by atoms with Crippen LogP contribution < -0.4 is 10.2 Å². The number of carbonyl (C=O) groups is 1. The molecule has 0 radical (unpaired) electrons. The van der Waals surface area contributed by atoms with E-state index in [4.69, 9.17) is 0 Å². The summed E-state index contributed by atoms with van der Waals surface area (Å²) in [6.07, 6.45) is 0.225. The van der Waals surface area contributed by atoms with Crippen LogP contribution in [0, 0.1) is 20.8 Å². The summed E-state index contributed by atoms with van der Waals surface area (Å²) in [5.74, 6) is 0. The fraction of sp³-hybridized carbons (Fsp3) is 0.269. The van der Waals surface area contributed by atoms with Crippen molar-refractivity contribution in [1.29, 1.82) is 0 Å². The third-order valence-electron chi connectivity index (χ3n) is 5.65. The third kappa shape index (κ3) is 4.42. The van der Waals surface area contributed by atoms with Crippen LogP contribution in [-0.4, -0.2) is 19.1 Å². The van der Waals surface area contributed by atoms with Crippen molar-refractivity contribution in [3.63, 3.8) is 0 Å². The first-order valence-corrected chi connectivity index (χ1v) is 12.2. The van der Waals surface area contributed by atoms with Gasteiger partial charge < -0.3 is 9.46 Å². The van der Waals surface area contributed by atoms with Crippen LogP contribution in [0.15, 0.2) is 66.7 Å². The normalized spacial score (nSPS) is 13.0. The second-order valence-electron chi connectivity index (χ2n) is 7.99. The summed E-state index contributed by atoms with van der Waals surface area (Å²) in [5, 5.41) is 0.615. The number of aryl methyl sites for hydroxylation is 3. The Balaban J connectivity index is 2.13. The summed E-state index contributed by atoms with van der Waals surface area (Å²) in [6, 6.07) is 21.3. The van der Waals surface area contributed by atoms with Crippen molar-refractivity contribution < 1.29 is 9.36 Å². The van der Waals surface area contributed by atoms with Crippen LogP contribution in [0.4, 0.5) is 5.69 Å². The summed E-state index contributed by atoms with van der Waals surface area (Å²) in [4.78, 5) is 15.9. The molecule has 4 heteroatoms. The molecule has 3 aromatic rings. The minimum absolute atomic E-state index is 0.225. The van der Waals surface area contributed by atoms with Crippen molar-refractivity contribution in [2.24, 2.45) is 0 Å². The first-order chi connectivity index (χ1) is 14.3. The minimum Gasteiger partial charge on any atom is -0.375 e. The number of carbonyl (C=O) groups excluding carboxylic acids is 1. The van der Waals surface area contributed by atoms with Gasteiger partial charge in [-0.1, -0.05) is 48.0 Å². The maximum atomic E-state index is 14.5. The third-order valence-corrected chi connectivity index (χ3v) is 8.47. The van der Waals surface area contributed by atoms with Gasteiger partial charge in [0.1, 0.15) is 0 Å². The molecule has 0 bridgehead atoms. The van der Waals surface area contributed by atoms with Gasteiger partial charge in [-0.3, -0.25) is 4.79 Å². The Kier molecular flexibility index (Phi) is 6.63. The van der Waals surface area contributed by atoms with Gasteiger partial charge in [0, 0.05) is 36.3 Å². The lowest BCUT2D eigenvalue weighted by molar-refractivity contribution is 0.107. The molecule has 3 nitrogen and oxygen atoms in total. The Morgan fingerprint density at radius 3 is 2.00 bits per heavy atom. The van der Waals surface area contributed by atoms with E-state index in [0.717, 1.165) is 34.5 Å². The predicted molar refractivity (Wildman–Crippen MR) is 128 cm³/mol. The number of hydrogen-bond donors (Lipinski definition) is 0. The monoisotopic (exact) mass is 419 g/mol. The number of nitrogens with zero attached hydrogens (tertiary/aromatic N) is 1. The summed E-state index contributed by atoms with van der Waals surface area (Å²) in [6.45, 7) is 8.84. The van der Waals surface area contributed by atoms with Gasteiger partial charge in [0.2, 0.25) is 5.52 Å². The molecule has 0 aromatic heterocycles. The second kappa shape index (κ2) is 9.02. The van der Waals surface area contributed by atoms with Crippen LogP contribution in [0.3, 0.4) is 0 Å². The Morgan fingerprint density at radius 2 is 1.47 bits per heavy atom. The fourth-order valence-electron chi connectivity index (χ4n) is 3.95. The molecule has 0 saturated heterocycles. The van der Waals surface area contributed by atoms with E-state index >= 15 is 0 Å². The second-order valence-corrected chi connectivity index (χ2v) is 10.7. The van der Waals surface area contributed by atoms with E-state index in [1.165, 1.54) is 0 Å². The molecule has 0 heterocycles. The van der Waals surface area contributed by atoms with Gasteiger partial charge in [-0.15, -0.1) is 0 Å². The predicted octanol–water partition coefficient (Wildman–Crippen LogP) is 6.10. The lowest BCUT2D eigenvalue weighted by atomic mass is 10.0. The van der Waals surface area contributed by atoms with Crippen molar-refractivity contribution in [3.05, 3.63) is 94.5 Å². The van der Waals surface area contributed by atoms with E-state index in [9.17, 15) is 9.36 Å². The van der Waals surface area contributed by atoms with E-state index in [2.05, 4.69) is 11.8 Å². The zero-order chi connectivity index (χ0) is 21.9. The average Bonchev–Trinajstić information content (AvgIpc) is 2.73. The molecule has 3 rings (SSSR count). The molecular weight excluding hydrogens is 389 g/mol. The lowest BCUT2D eigenvalue weighted by Crippen LogP contribution is -2.19. The molecule has 30 heavy (non-hydrogen) atoms. The van der Waals surface area contributed by atoms with E-state index in [1.54, 1.807) is 0 Å². The largest absolute Gasteiger partial charge is 0.375 e. The van der Waals surface area contributed by atoms with Gasteiger partial charge in [0.05, 0.1) is 0 Å². The standard InChI is InChI=1S/C26H30NO2P/c1-6-27(5)23-12-14-24(15-13-23)30(29,18-22-10-8-7-9-11-22)26(28)25-20(3)16-19(2)17-21(25)4/h7-17H,6,18H2,1-5H3. The van der Waals surface area contributed by atoms with Crippen LogP contribution in [0.2, 0.25) is 0 Å². The maximum Gasteiger partial charge on any atom is 0.226 e. The highest BCUT2D eigenvalue weighted by Gasteiger charge is 2.36. The van der Waals surface area contributed by atoms with Crippen molar-refractivity contribution in [3.8, 4) is 0 Å². The highest BCUT2D eigenvalue weighted by Crippen LogP contribution is 2.52. The van der Waals surface area contributed by atoms with Crippen LogP contribution in [-0.2, 0) is 10.7 Å². The van der Waals surface area contributed by atoms with E-state index in [-0.39, 0.29) is 11.7 Å². The maximum absolute atomic E-state index is 14.5. The molecule has 156 valence electrons. The molecule has 0 aliphatic rings. The first-order valence-electron chi connectivity index (χ1n) is 10.3. The molecule has 3 aromatic carbocycles. The Hall–Kier alpha value is -2.64. The van der Waals surface area contributed by atoms with Crippen molar-refractivity contribution in [1.82, 2.24) is 0 Å². The first kappa shape index (κ1) is 22.1. The Bertz CT molecular complexity index is 1060. The Morgan fingerprint density at radius 1 is 0.900 bits per heavy atom. The Labute approximate surface area is 180 Å². The summed E-state index contributed by atoms with van der Waals surface area (Å²) >= 11 is 0. The van der Waals surface area contributed by atoms with Crippen LogP contribution in [0.5, 0.6) is 0 Å². The summed E-state index contributed by atoms with van der Waals surface area (Å²) in [5.41, 5.74) is 5.16. The molecule has 0 aliphatic carbocycles. The lowest BCUT2D eigenvalue weighted by Gasteiger charge is -2.22. The fourth-order valence-corrected chi connectivity index (χ4v) is 6.58. The molecule has 0 amide bonds. The number of anilines is 1. The molecule has 0 fully saturated rings. The molecule has 1 atom stereocenters. The highest BCUT2D eigenvalue weighted by molar-refractivity contribution is 7.86. The number of hydrogen-bond acceptors (Lipinski definition) is 3. The summed E-state index contributed by atoms with van der Waals surface area (Å²) < 4.78 is 14.5. The van der Waals surface area contributed by atoms with Crippen molar-refractivity contribution >= 4 is 23.7 Å². The van der Waals surface area contributed by atoms with Gasteiger partial charge in [-0.25, -0.2) is 0 Å². The van der Waals surface area contributed by atoms with Crippen LogP contribution in [0.1, 0.15) is 39.5 Å². The van der Waals surface area contributed by atoms with Crippen molar-refractivity contribution in [2.75, 3.05) is 18.5 Å². The number of rotatable bonds is 7. The van der Waals surface area contributed by atoms with E-state index in [0.29, 0.717) is 10.9 Å². The molecule has 0 N–H and O–H groups in total. The molecule has 0 spiro atoms. The highest BCUT2D eigenvalue weighted by atomic mass is 31.2. The van der Waals surface area contributed by atoms with Crippen LogP contribution >= 0.6 is 7.14 Å². The molecule has 1 unspecified atom stereocenters. The quantitative estimate of drug-likeness (QED) is 0.435. The SMILES string of the molecule is CCN(C)c1ccc(P(=O)(Cc2ccccc2)C(=O)c2c(C)cc(C)cc2C)cc1.